The van der Waals surface area contributed by atoms with Gasteiger partial charge in [0.1, 0.15) is 16.5 Å². The SMILES string of the molecule is COc1cc(/C=C(/C#N)C(=O)Nc2ccc(Cl)cc2)cc(Br)c1OS(=O)(=O)c1ccc([N+](=O)[O-])cc1. The van der Waals surface area contributed by atoms with Crippen molar-refractivity contribution in [3.05, 3.63) is 91.4 Å². The van der Waals surface area contributed by atoms with Crippen LogP contribution in [-0.2, 0) is 14.9 Å². The van der Waals surface area contributed by atoms with Crippen molar-refractivity contribution in [3.8, 4) is 17.6 Å². The van der Waals surface area contributed by atoms with Crippen LogP contribution >= 0.6 is 27.5 Å². The summed E-state index contributed by atoms with van der Waals surface area (Å²) in [5.41, 5.74) is 0.259. The van der Waals surface area contributed by atoms with Crippen molar-refractivity contribution in [2.24, 2.45) is 0 Å². The quantitative estimate of drug-likeness (QED) is 0.121. The highest BCUT2D eigenvalue weighted by molar-refractivity contribution is 9.10. The summed E-state index contributed by atoms with van der Waals surface area (Å²) in [6, 6.07) is 15.1. The highest BCUT2D eigenvalue weighted by atomic mass is 79.9. The van der Waals surface area contributed by atoms with Gasteiger partial charge in [0.25, 0.3) is 11.6 Å². The van der Waals surface area contributed by atoms with Gasteiger partial charge in [0, 0.05) is 22.8 Å². The lowest BCUT2D eigenvalue weighted by Crippen LogP contribution is -2.13. The number of nitro benzene ring substituents is 1. The van der Waals surface area contributed by atoms with E-state index in [1.54, 1.807) is 24.3 Å². The lowest BCUT2D eigenvalue weighted by molar-refractivity contribution is -0.384. The van der Waals surface area contributed by atoms with Gasteiger partial charge in [-0.25, -0.2) is 0 Å². The molecule has 13 heteroatoms. The molecule has 0 fully saturated rings. The van der Waals surface area contributed by atoms with Crippen LogP contribution in [0.25, 0.3) is 6.08 Å². The third-order valence-corrected chi connectivity index (χ3v) is 6.64. The molecule has 36 heavy (non-hydrogen) atoms. The number of halogens is 2. The Morgan fingerprint density at radius 3 is 2.36 bits per heavy atom. The number of rotatable bonds is 8. The normalized spacial score (nSPS) is 11.3. The average molecular weight is 593 g/mol. The second kappa shape index (κ2) is 11.2. The number of methoxy groups -OCH3 is 1. The monoisotopic (exact) mass is 591 g/mol. The zero-order valence-electron chi connectivity index (χ0n) is 18.3. The molecule has 0 atom stereocenters. The van der Waals surface area contributed by atoms with Crippen molar-refractivity contribution in [2.75, 3.05) is 12.4 Å². The molecule has 0 saturated carbocycles. The van der Waals surface area contributed by atoms with Gasteiger partial charge in [-0.2, -0.15) is 13.7 Å². The van der Waals surface area contributed by atoms with Gasteiger partial charge >= 0.3 is 10.1 Å². The molecular weight excluding hydrogens is 578 g/mol. The first kappa shape index (κ1) is 26.7. The van der Waals surface area contributed by atoms with Gasteiger partial charge in [-0.15, -0.1) is 0 Å². The standard InChI is InChI=1S/C23H15BrClN3O7S/c1-34-21-12-14(10-15(13-26)23(29)27-17-4-2-16(25)3-5-17)11-20(24)22(21)35-36(32,33)19-8-6-18(7-9-19)28(30)31/h2-12H,1H3,(H,27,29)/b15-10-. The van der Waals surface area contributed by atoms with Crippen molar-refractivity contribution >= 4 is 61.0 Å². The summed E-state index contributed by atoms with van der Waals surface area (Å²) < 4.78 is 36.0. The number of carbonyl (C=O) groups is 1. The fourth-order valence-corrected chi connectivity index (χ4v) is 4.57. The Bertz CT molecular complexity index is 1500. The van der Waals surface area contributed by atoms with E-state index in [-0.39, 0.29) is 32.1 Å². The van der Waals surface area contributed by atoms with E-state index in [4.69, 9.17) is 20.5 Å². The number of nitrogens with one attached hydrogen (secondary N) is 1. The largest absolute Gasteiger partial charge is 0.493 e. The lowest BCUT2D eigenvalue weighted by atomic mass is 10.1. The molecule has 0 aliphatic heterocycles. The Morgan fingerprint density at radius 1 is 1.17 bits per heavy atom. The number of nitrogens with zero attached hydrogens (tertiary/aromatic N) is 2. The molecule has 184 valence electrons. The van der Waals surface area contributed by atoms with Gasteiger partial charge in [-0.05, 0) is 76.1 Å². The maximum Gasteiger partial charge on any atom is 0.339 e. The number of anilines is 1. The number of hydrogen-bond acceptors (Lipinski definition) is 8. The van der Waals surface area contributed by atoms with Crippen LogP contribution in [0.15, 0.2) is 75.6 Å². The Hall–Kier alpha value is -3.92. The van der Waals surface area contributed by atoms with E-state index in [0.717, 1.165) is 24.3 Å². The molecule has 0 spiro atoms. The van der Waals surface area contributed by atoms with Gasteiger partial charge in [-0.3, -0.25) is 14.9 Å². The summed E-state index contributed by atoms with van der Waals surface area (Å²) >= 11 is 9.05. The minimum atomic E-state index is -4.38. The van der Waals surface area contributed by atoms with E-state index in [0.29, 0.717) is 16.3 Å². The predicted octanol–water partition coefficient (Wildman–Crippen LogP) is 5.33. The highest BCUT2D eigenvalue weighted by Crippen LogP contribution is 2.39. The average Bonchev–Trinajstić information content (AvgIpc) is 2.85. The van der Waals surface area contributed by atoms with Gasteiger partial charge < -0.3 is 14.2 Å². The molecule has 0 bridgehead atoms. The number of amides is 1. The topological polar surface area (TPSA) is 149 Å². The summed E-state index contributed by atoms with van der Waals surface area (Å²) in [7, 11) is -3.10. The minimum Gasteiger partial charge on any atom is -0.493 e. The fraction of sp³-hybridized carbons (Fsp3) is 0.0435. The Labute approximate surface area is 219 Å². The first-order chi connectivity index (χ1) is 17.0. The number of non-ortho nitro benzene ring substituents is 1. The number of nitriles is 1. The molecule has 0 saturated heterocycles. The molecule has 0 aliphatic rings. The van der Waals surface area contributed by atoms with Gasteiger partial charge in [0.05, 0.1) is 16.5 Å². The number of nitro groups is 1. The zero-order valence-corrected chi connectivity index (χ0v) is 21.4. The van der Waals surface area contributed by atoms with Crippen LogP contribution < -0.4 is 14.2 Å². The first-order valence-electron chi connectivity index (χ1n) is 9.79. The molecule has 0 heterocycles. The Kier molecular flexibility index (Phi) is 8.31. The van der Waals surface area contributed by atoms with Crippen molar-refractivity contribution in [1.29, 1.82) is 5.26 Å². The van der Waals surface area contributed by atoms with Crippen LogP contribution in [0, 0.1) is 21.4 Å². The number of hydrogen-bond donors (Lipinski definition) is 1. The van der Waals surface area contributed by atoms with Crippen molar-refractivity contribution in [2.45, 2.75) is 4.90 Å². The summed E-state index contributed by atoms with van der Waals surface area (Å²) in [4.78, 5) is 22.4. The number of ether oxygens (including phenoxy) is 1. The van der Waals surface area contributed by atoms with E-state index in [2.05, 4.69) is 21.2 Å². The highest BCUT2D eigenvalue weighted by Gasteiger charge is 2.23. The van der Waals surface area contributed by atoms with Crippen LogP contribution in [0.5, 0.6) is 11.5 Å². The maximum atomic E-state index is 12.7. The van der Waals surface area contributed by atoms with Crippen LogP contribution in [0.4, 0.5) is 11.4 Å². The van der Waals surface area contributed by atoms with Crippen molar-refractivity contribution in [1.82, 2.24) is 0 Å². The molecule has 1 amide bonds. The molecule has 0 unspecified atom stereocenters. The molecule has 3 aromatic rings. The third-order valence-electron chi connectivity index (χ3n) is 4.56. The molecule has 3 aromatic carbocycles. The zero-order chi connectivity index (χ0) is 26.5. The van der Waals surface area contributed by atoms with E-state index in [9.17, 15) is 28.6 Å². The molecule has 1 N–H and O–H groups in total. The lowest BCUT2D eigenvalue weighted by Gasteiger charge is -2.13. The Morgan fingerprint density at radius 2 is 1.81 bits per heavy atom. The third kappa shape index (κ3) is 6.39. The maximum absolute atomic E-state index is 12.7. The van der Waals surface area contributed by atoms with E-state index in [1.165, 1.54) is 25.3 Å². The van der Waals surface area contributed by atoms with Crippen LogP contribution in [-0.4, -0.2) is 26.4 Å². The fourth-order valence-electron chi connectivity index (χ4n) is 2.84. The summed E-state index contributed by atoms with van der Waals surface area (Å²) in [6.45, 7) is 0. The van der Waals surface area contributed by atoms with Crippen LogP contribution in [0.1, 0.15) is 5.56 Å². The van der Waals surface area contributed by atoms with Gasteiger partial charge in [0.2, 0.25) is 0 Å². The van der Waals surface area contributed by atoms with Gasteiger partial charge in [0.15, 0.2) is 11.5 Å². The summed E-state index contributed by atoms with van der Waals surface area (Å²) in [5.74, 6) is -0.885. The number of benzene rings is 3. The number of carbonyl (C=O) groups excluding carboxylic acids is 1. The molecule has 0 aliphatic carbocycles. The molecule has 10 nitrogen and oxygen atoms in total. The second-order valence-electron chi connectivity index (χ2n) is 6.95. The predicted molar refractivity (Wildman–Crippen MR) is 135 cm³/mol. The smallest absolute Gasteiger partial charge is 0.339 e. The molecule has 0 aromatic heterocycles. The van der Waals surface area contributed by atoms with Crippen LogP contribution in [0.2, 0.25) is 5.02 Å². The Balaban J connectivity index is 1.89. The van der Waals surface area contributed by atoms with Crippen molar-refractivity contribution < 1.29 is 27.1 Å². The molecular formula is C23H15BrClN3O7S. The minimum absolute atomic E-state index is 0.0171. The summed E-state index contributed by atoms with van der Waals surface area (Å²) in [6.07, 6.45) is 1.28. The van der Waals surface area contributed by atoms with E-state index < -0.39 is 20.9 Å². The first-order valence-corrected chi connectivity index (χ1v) is 12.4. The van der Waals surface area contributed by atoms with Crippen molar-refractivity contribution in [3.63, 3.8) is 0 Å². The molecule has 0 radical (unpaired) electrons. The second-order valence-corrected chi connectivity index (χ2v) is 9.79. The van der Waals surface area contributed by atoms with Gasteiger partial charge in [-0.1, -0.05) is 11.6 Å². The van der Waals surface area contributed by atoms with Crippen LogP contribution in [0.3, 0.4) is 0 Å². The molecule has 3 rings (SSSR count). The van der Waals surface area contributed by atoms with E-state index >= 15 is 0 Å². The summed E-state index contributed by atoms with van der Waals surface area (Å²) in [5, 5.41) is 23.3. The van der Waals surface area contributed by atoms with E-state index in [1.807, 2.05) is 6.07 Å².